The molecule has 0 aliphatic carbocycles. The minimum atomic E-state index is -0.440. The van der Waals surface area contributed by atoms with E-state index in [0.29, 0.717) is 8.27 Å². The Labute approximate surface area is 95.8 Å². The Kier molecular flexibility index (Phi) is 2.40. The summed E-state index contributed by atoms with van der Waals surface area (Å²) in [7, 11) is 0. The second kappa shape index (κ2) is 3.43. The van der Waals surface area contributed by atoms with Gasteiger partial charge in [0.05, 0.1) is 4.92 Å². The van der Waals surface area contributed by atoms with Gasteiger partial charge in [0.2, 0.25) is 0 Å². The van der Waals surface area contributed by atoms with Gasteiger partial charge in [0.1, 0.15) is 9.39 Å². The van der Waals surface area contributed by atoms with Crippen molar-refractivity contribution < 1.29 is 9.31 Å². The fourth-order valence-corrected chi connectivity index (χ4v) is 3.26. The summed E-state index contributed by atoms with van der Waals surface area (Å²) in [6.07, 6.45) is 0. The van der Waals surface area contributed by atoms with Crippen LogP contribution >= 0.6 is 33.9 Å². The molecule has 0 aliphatic rings. The molecule has 0 spiro atoms. The molecule has 0 radical (unpaired) electrons. The second-order valence-electron chi connectivity index (χ2n) is 2.62. The Hall–Kier alpha value is -0.760. The molecule has 1 heterocycles. The van der Waals surface area contributed by atoms with E-state index < -0.39 is 4.92 Å². The molecule has 2 rings (SSSR count). The highest BCUT2D eigenvalue weighted by Gasteiger charge is 2.19. The van der Waals surface area contributed by atoms with Gasteiger partial charge in [0, 0.05) is 10.1 Å². The highest BCUT2D eigenvalue weighted by Crippen LogP contribution is 2.38. The SMILES string of the molecule is O=[N+]([O-])c1sc2cc(F)ccc2c1I. The van der Waals surface area contributed by atoms with E-state index in [2.05, 4.69) is 0 Å². The molecule has 0 unspecified atom stereocenters. The predicted molar refractivity (Wildman–Crippen MR) is 61.2 cm³/mol. The molecule has 0 amide bonds. The Balaban J connectivity index is 2.79. The maximum atomic E-state index is 12.8. The molecule has 0 saturated carbocycles. The lowest BCUT2D eigenvalue weighted by molar-refractivity contribution is -0.381. The van der Waals surface area contributed by atoms with Crippen LogP contribution in [-0.2, 0) is 0 Å². The number of thiophene rings is 1. The molecule has 1 aromatic carbocycles. The summed E-state index contributed by atoms with van der Waals surface area (Å²) in [6.45, 7) is 0. The molecule has 0 atom stereocenters. The number of halogens is 2. The molecule has 0 bridgehead atoms. The lowest BCUT2D eigenvalue weighted by Crippen LogP contribution is -1.84. The standard InChI is InChI=1S/C8H3FINO2S/c9-4-1-2-5-6(3-4)14-8(7(5)10)11(12)13/h1-3H. The second-order valence-corrected chi connectivity index (χ2v) is 4.73. The fourth-order valence-electron chi connectivity index (χ4n) is 1.14. The molecule has 6 heteroatoms. The van der Waals surface area contributed by atoms with Crippen LogP contribution in [-0.4, -0.2) is 4.92 Å². The van der Waals surface area contributed by atoms with Gasteiger partial charge in [-0.1, -0.05) is 11.3 Å². The highest BCUT2D eigenvalue weighted by molar-refractivity contribution is 14.1. The van der Waals surface area contributed by atoms with Crippen molar-refractivity contribution in [3.8, 4) is 0 Å². The van der Waals surface area contributed by atoms with E-state index in [1.165, 1.54) is 12.1 Å². The number of nitro groups is 1. The molecular formula is C8H3FINO2S. The van der Waals surface area contributed by atoms with Crippen LogP contribution < -0.4 is 0 Å². The fraction of sp³-hybridized carbons (Fsp3) is 0. The quantitative estimate of drug-likeness (QED) is 0.458. The van der Waals surface area contributed by atoms with E-state index in [4.69, 9.17) is 0 Å². The first-order valence-electron chi connectivity index (χ1n) is 3.61. The smallest absolute Gasteiger partial charge is 0.258 e. The topological polar surface area (TPSA) is 43.1 Å². The molecule has 2 aromatic rings. The van der Waals surface area contributed by atoms with Crippen molar-refractivity contribution in [2.45, 2.75) is 0 Å². The van der Waals surface area contributed by atoms with Crippen LogP contribution in [0.5, 0.6) is 0 Å². The van der Waals surface area contributed by atoms with Crippen molar-refractivity contribution in [1.82, 2.24) is 0 Å². The van der Waals surface area contributed by atoms with Gasteiger partial charge in [-0.3, -0.25) is 10.1 Å². The van der Waals surface area contributed by atoms with Crippen molar-refractivity contribution >= 4 is 49.0 Å². The summed E-state index contributed by atoms with van der Waals surface area (Å²) in [5.74, 6) is -0.370. The largest absolute Gasteiger partial charge is 0.338 e. The first kappa shape index (κ1) is 9.78. The van der Waals surface area contributed by atoms with Gasteiger partial charge < -0.3 is 0 Å². The number of nitrogens with zero attached hydrogens (tertiary/aromatic N) is 1. The number of benzene rings is 1. The van der Waals surface area contributed by atoms with E-state index in [-0.39, 0.29) is 10.8 Å². The van der Waals surface area contributed by atoms with Crippen molar-refractivity contribution in [3.05, 3.63) is 37.7 Å². The molecule has 1 aromatic heterocycles. The van der Waals surface area contributed by atoms with Crippen LogP contribution in [0.25, 0.3) is 10.1 Å². The number of fused-ring (bicyclic) bond motifs is 1. The summed E-state index contributed by atoms with van der Waals surface area (Å²) in [4.78, 5) is 10.2. The Bertz CT molecular complexity index is 525. The molecule has 72 valence electrons. The average Bonchev–Trinajstić information content (AvgIpc) is 2.43. The summed E-state index contributed by atoms with van der Waals surface area (Å²) < 4.78 is 14.0. The van der Waals surface area contributed by atoms with Crippen LogP contribution in [0.3, 0.4) is 0 Å². The van der Waals surface area contributed by atoms with Gasteiger partial charge in [0.15, 0.2) is 0 Å². The van der Waals surface area contributed by atoms with Crippen LogP contribution in [0, 0.1) is 19.5 Å². The summed E-state index contributed by atoms with van der Waals surface area (Å²) in [5, 5.41) is 11.4. The summed E-state index contributed by atoms with van der Waals surface area (Å²) >= 11 is 2.91. The minimum Gasteiger partial charge on any atom is -0.258 e. The normalized spacial score (nSPS) is 10.7. The Morgan fingerprint density at radius 1 is 1.50 bits per heavy atom. The zero-order valence-corrected chi connectivity index (χ0v) is 9.63. The van der Waals surface area contributed by atoms with E-state index in [9.17, 15) is 14.5 Å². The van der Waals surface area contributed by atoms with Crippen LogP contribution in [0.15, 0.2) is 18.2 Å². The van der Waals surface area contributed by atoms with Crippen LogP contribution in [0.2, 0.25) is 0 Å². The van der Waals surface area contributed by atoms with E-state index in [0.717, 1.165) is 16.7 Å². The van der Waals surface area contributed by atoms with E-state index in [1.807, 2.05) is 22.6 Å². The van der Waals surface area contributed by atoms with E-state index in [1.54, 1.807) is 6.07 Å². The Morgan fingerprint density at radius 2 is 2.21 bits per heavy atom. The first-order chi connectivity index (χ1) is 6.59. The molecular weight excluding hydrogens is 320 g/mol. The molecule has 3 nitrogen and oxygen atoms in total. The highest BCUT2D eigenvalue weighted by atomic mass is 127. The minimum absolute atomic E-state index is 0.0752. The third-order valence-electron chi connectivity index (χ3n) is 1.74. The van der Waals surface area contributed by atoms with Crippen LogP contribution in [0.1, 0.15) is 0 Å². The van der Waals surface area contributed by atoms with Crippen molar-refractivity contribution in [3.63, 3.8) is 0 Å². The third-order valence-corrected chi connectivity index (χ3v) is 4.30. The number of hydrogen-bond donors (Lipinski definition) is 0. The summed E-state index contributed by atoms with van der Waals surface area (Å²) in [5.41, 5.74) is 0. The lowest BCUT2D eigenvalue weighted by atomic mass is 10.2. The molecule has 0 N–H and O–H groups in total. The maximum absolute atomic E-state index is 12.8. The first-order valence-corrected chi connectivity index (χ1v) is 5.51. The van der Waals surface area contributed by atoms with Gasteiger partial charge in [-0.2, -0.15) is 0 Å². The predicted octanol–water partition coefficient (Wildman–Crippen LogP) is 3.55. The maximum Gasteiger partial charge on any atom is 0.338 e. The van der Waals surface area contributed by atoms with Gasteiger partial charge in [0.25, 0.3) is 0 Å². The zero-order valence-electron chi connectivity index (χ0n) is 6.66. The monoisotopic (exact) mass is 323 g/mol. The molecule has 0 aliphatic heterocycles. The Morgan fingerprint density at radius 3 is 2.86 bits per heavy atom. The number of rotatable bonds is 1. The number of hydrogen-bond acceptors (Lipinski definition) is 3. The molecule has 0 fully saturated rings. The third kappa shape index (κ3) is 1.48. The van der Waals surface area contributed by atoms with Gasteiger partial charge in [-0.05, 0) is 40.8 Å². The average molecular weight is 323 g/mol. The van der Waals surface area contributed by atoms with Crippen molar-refractivity contribution in [2.24, 2.45) is 0 Å². The molecule has 14 heavy (non-hydrogen) atoms. The van der Waals surface area contributed by atoms with E-state index >= 15 is 0 Å². The van der Waals surface area contributed by atoms with Gasteiger partial charge in [-0.25, -0.2) is 4.39 Å². The van der Waals surface area contributed by atoms with Gasteiger partial charge >= 0.3 is 5.00 Å². The van der Waals surface area contributed by atoms with Crippen LogP contribution in [0.4, 0.5) is 9.39 Å². The zero-order chi connectivity index (χ0) is 10.3. The summed E-state index contributed by atoms with van der Waals surface area (Å²) in [6, 6.07) is 4.19. The van der Waals surface area contributed by atoms with Crippen molar-refractivity contribution in [1.29, 1.82) is 0 Å². The molecule has 0 saturated heterocycles. The van der Waals surface area contributed by atoms with Gasteiger partial charge in [-0.15, -0.1) is 0 Å². The van der Waals surface area contributed by atoms with Crippen molar-refractivity contribution in [2.75, 3.05) is 0 Å². The lowest BCUT2D eigenvalue weighted by Gasteiger charge is -1.88.